The van der Waals surface area contributed by atoms with Crippen molar-refractivity contribution in [3.05, 3.63) is 46.0 Å². The number of rotatable bonds is 2. The number of nitrogens with zero attached hydrogens (tertiary/aromatic N) is 2. The van der Waals surface area contributed by atoms with Gasteiger partial charge in [-0.05, 0) is 31.5 Å². The Morgan fingerprint density at radius 3 is 2.65 bits per heavy atom. The van der Waals surface area contributed by atoms with Gasteiger partial charge in [0.25, 0.3) is 0 Å². The van der Waals surface area contributed by atoms with Gasteiger partial charge < -0.3 is 5.73 Å². The molecule has 2 aromatic rings. The molecule has 0 bridgehead atoms. The van der Waals surface area contributed by atoms with E-state index in [-0.39, 0.29) is 5.82 Å². The highest BCUT2D eigenvalue weighted by atomic mass is 35.5. The van der Waals surface area contributed by atoms with Crippen LogP contribution in [-0.2, 0) is 6.54 Å². The lowest BCUT2D eigenvalue weighted by Gasteiger charge is -2.07. The van der Waals surface area contributed by atoms with Crippen LogP contribution in [-0.4, -0.2) is 9.78 Å². The SMILES string of the molecule is Cc1nn(Cc2ccc(F)cc2N)c(C)c1Cl. The van der Waals surface area contributed by atoms with E-state index < -0.39 is 0 Å². The van der Waals surface area contributed by atoms with Crippen LogP contribution in [0.25, 0.3) is 0 Å². The third-order valence-electron chi connectivity index (χ3n) is 2.72. The number of nitrogens with two attached hydrogens (primary N) is 1. The van der Waals surface area contributed by atoms with Crippen LogP contribution in [0.1, 0.15) is 17.0 Å². The third-order valence-corrected chi connectivity index (χ3v) is 3.27. The molecule has 5 heteroatoms. The number of nitrogen functional groups attached to an aromatic ring is 1. The highest BCUT2D eigenvalue weighted by molar-refractivity contribution is 6.31. The molecule has 0 spiro atoms. The van der Waals surface area contributed by atoms with Gasteiger partial charge in [0, 0.05) is 5.69 Å². The number of aromatic nitrogens is 2. The second-order valence-corrected chi connectivity index (χ2v) is 4.36. The Balaban J connectivity index is 2.34. The maximum Gasteiger partial charge on any atom is 0.125 e. The first-order valence-electron chi connectivity index (χ1n) is 5.22. The first-order chi connectivity index (χ1) is 7.99. The summed E-state index contributed by atoms with van der Waals surface area (Å²) in [4.78, 5) is 0. The van der Waals surface area contributed by atoms with Crippen molar-refractivity contribution in [3.63, 3.8) is 0 Å². The Hall–Kier alpha value is -1.55. The molecule has 17 heavy (non-hydrogen) atoms. The van der Waals surface area contributed by atoms with E-state index in [2.05, 4.69) is 5.10 Å². The Kier molecular flexibility index (Phi) is 3.07. The van der Waals surface area contributed by atoms with Gasteiger partial charge in [-0.2, -0.15) is 5.10 Å². The van der Waals surface area contributed by atoms with E-state index in [0.717, 1.165) is 17.0 Å². The second kappa shape index (κ2) is 4.37. The minimum absolute atomic E-state index is 0.336. The standard InChI is InChI=1S/C12H13ClFN3/c1-7-12(13)8(2)17(16-7)6-9-3-4-10(14)5-11(9)15/h3-5H,6,15H2,1-2H3. The van der Waals surface area contributed by atoms with Crippen molar-refractivity contribution in [2.45, 2.75) is 20.4 Å². The average molecular weight is 254 g/mol. The summed E-state index contributed by atoms with van der Waals surface area (Å²) in [5.74, 6) is -0.336. The minimum atomic E-state index is -0.336. The first kappa shape index (κ1) is 11.9. The predicted octanol–water partition coefficient (Wildman–Crippen LogP) is 2.92. The minimum Gasteiger partial charge on any atom is -0.398 e. The van der Waals surface area contributed by atoms with Crippen LogP contribution in [0.3, 0.4) is 0 Å². The molecule has 3 nitrogen and oxygen atoms in total. The fraction of sp³-hybridized carbons (Fsp3) is 0.250. The largest absolute Gasteiger partial charge is 0.398 e. The molecular weight excluding hydrogens is 241 g/mol. The predicted molar refractivity (Wildman–Crippen MR) is 66.6 cm³/mol. The van der Waals surface area contributed by atoms with Crippen molar-refractivity contribution in [2.24, 2.45) is 0 Å². The summed E-state index contributed by atoms with van der Waals surface area (Å²) in [6.07, 6.45) is 0. The maximum absolute atomic E-state index is 12.9. The molecule has 0 amide bonds. The molecule has 1 heterocycles. The second-order valence-electron chi connectivity index (χ2n) is 3.99. The molecule has 0 fully saturated rings. The number of halogens is 2. The summed E-state index contributed by atoms with van der Waals surface area (Å²) in [5, 5.41) is 4.96. The monoisotopic (exact) mass is 253 g/mol. The zero-order chi connectivity index (χ0) is 12.6. The van der Waals surface area contributed by atoms with Crippen molar-refractivity contribution in [3.8, 4) is 0 Å². The Morgan fingerprint density at radius 2 is 2.12 bits per heavy atom. The van der Waals surface area contributed by atoms with Gasteiger partial charge in [-0.25, -0.2) is 4.39 Å². The molecular formula is C12H13ClFN3. The van der Waals surface area contributed by atoms with E-state index >= 15 is 0 Å². The Labute approximate surface area is 104 Å². The molecule has 0 atom stereocenters. The Bertz CT molecular complexity index is 563. The highest BCUT2D eigenvalue weighted by Crippen LogP contribution is 2.21. The maximum atomic E-state index is 12.9. The van der Waals surface area contributed by atoms with Crippen LogP contribution in [0.2, 0.25) is 5.02 Å². The van der Waals surface area contributed by atoms with Gasteiger partial charge >= 0.3 is 0 Å². The van der Waals surface area contributed by atoms with Gasteiger partial charge in [0.1, 0.15) is 5.82 Å². The fourth-order valence-electron chi connectivity index (χ4n) is 1.70. The molecule has 0 unspecified atom stereocenters. The van der Waals surface area contributed by atoms with Crippen molar-refractivity contribution >= 4 is 17.3 Å². The van der Waals surface area contributed by atoms with Crippen LogP contribution in [0.15, 0.2) is 18.2 Å². The van der Waals surface area contributed by atoms with E-state index in [9.17, 15) is 4.39 Å². The third kappa shape index (κ3) is 2.26. The van der Waals surface area contributed by atoms with E-state index in [1.54, 1.807) is 10.7 Å². The van der Waals surface area contributed by atoms with Gasteiger partial charge in [-0.15, -0.1) is 0 Å². The van der Waals surface area contributed by atoms with Gasteiger partial charge in [0.05, 0.1) is 23.0 Å². The molecule has 0 aliphatic heterocycles. The van der Waals surface area contributed by atoms with Crippen molar-refractivity contribution in [2.75, 3.05) is 5.73 Å². The van der Waals surface area contributed by atoms with Gasteiger partial charge in [-0.3, -0.25) is 4.68 Å². The number of benzene rings is 1. The number of anilines is 1. The fourth-order valence-corrected chi connectivity index (χ4v) is 1.84. The topological polar surface area (TPSA) is 43.8 Å². The Morgan fingerprint density at radius 1 is 1.41 bits per heavy atom. The molecule has 0 radical (unpaired) electrons. The molecule has 1 aromatic heterocycles. The molecule has 0 saturated heterocycles. The number of hydrogen-bond donors (Lipinski definition) is 1. The molecule has 1 aromatic carbocycles. The molecule has 0 aliphatic carbocycles. The van der Waals surface area contributed by atoms with Gasteiger partial charge in [0.15, 0.2) is 0 Å². The first-order valence-corrected chi connectivity index (χ1v) is 5.60. The number of hydrogen-bond acceptors (Lipinski definition) is 2. The summed E-state index contributed by atoms with van der Waals surface area (Å²) in [6, 6.07) is 4.36. The van der Waals surface area contributed by atoms with E-state index in [1.165, 1.54) is 12.1 Å². The summed E-state index contributed by atoms with van der Waals surface area (Å²) in [6.45, 7) is 4.23. The van der Waals surface area contributed by atoms with Crippen LogP contribution in [0.4, 0.5) is 10.1 Å². The number of aryl methyl sites for hydroxylation is 1. The van der Waals surface area contributed by atoms with Crippen LogP contribution in [0.5, 0.6) is 0 Å². The van der Waals surface area contributed by atoms with Crippen LogP contribution >= 0.6 is 11.6 Å². The normalized spacial score (nSPS) is 10.8. The zero-order valence-electron chi connectivity index (χ0n) is 9.67. The van der Waals surface area contributed by atoms with Gasteiger partial charge in [0.2, 0.25) is 0 Å². The van der Waals surface area contributed by atoms with E-state index in [1.807, 2.05) is 13.8 Å². The van der Waals surface area contributed by atoms with Crippen LogP contribution in [0, 0.1) is 19.7 Å². The smallest absolute Gasteiger partial charge is 0.125 e. The summed E-state index contributed by atoms with van der Waals surface area (Å²) >= 11 is 6.06. The molecule has 2 rings (SSSR count). The highest BCUT2D eigenvalue weighted by Gasteiger charge is 2.10. The molecule has 0 saturated carbocycles. The lowest BCUT2D eigenvalue weighted by atomic mass is 10.2. The summed E-state index contributed by atoms with van der Waals surface area (Å²) in [7, 11) is 0. The molecule has 2 N–H and O–H groups in total. The van der Waals surface area contributed by atoms with Gasteiger partial charge in [-0.1, -0.05) is 17.7 Å². The van der Waals surface area contributed by atoms with Crippen molar-refractivity contribution in [1.82, 2.24) is 9.78 Å². The van der Waals surface area contributed by atoms with Crippen molar-refractivity contribution < 1.29 is 4.39 Å². The lowest BCUT2D eigenvalue weighted by molar-refractivity contribution is 0.624. The lowest BCUT2D eigenvalue weighted by Crippen LogP contribution is -2.06. The average Bonchev–Trinajstić information content (AvgIpc) is 2.50. The quantitative estimate of drug-likeness (QED) is 0.837. The molecule has 0 aliphatic rings. The summed E-state index contributed by atoms with van der Waals surface area (Å²) in [5.41, 5.74) is 8.67. The van der Waals surface area contributed by atoms with Crippen molar-refractivity contribution in [1.29, 1.82) is 0 Å². The van der Waals surface area contributed by atoms with Crippen LogP contribution < -0.4 is 5.73 Å². The molecule has 90 valence electrons. The van der Waals surface area contributed by atoms with E-state index in [4.69, 9.17) is 17.3 Å². The summed E-state index contributed by atoms with van der Waals surface area (Å²) < 4.78 is 14.7. The van der Waals surface area contributed by atoms with E-state index in [0.29, 0.717) is 17.3 Å². The zero-order valence-corrected chi connectivity index (χ0v) is 10.4.